The number of fused-ring (bicyclic) bond motifs is 1. The predicted octanol–water partition coefficient (Wildman–Crippen LogP) is 1.93. The van der Waals surface area contributed by atoms with Gasteiger partial charge in [-0.25, -0.2) is 0 Å². The molecule has 3 heteroatoms. The maximum atomic E-state index is 12.5. The summed E-state index contributed by atoms with van der Waals surface area (Å²) in [6, 6.07) is 0.327. The van der Waals surface area contributed by atoms with E-state index in [2.05, 4.69) is 17.1 Å². The van der Waals surface area contributed by atoms with E-state index < -0.39 is 0 Å². The lowest BCUT2D eigenvalue weighted by molar-refractivity contribution is -0.134. The van der Waals surface area contributed by atoms with Gasteiger partial charge < -0.3 is 10.6 Å². The minimum Gasteiger partial charge on any atom is -0.342 e. The number of amides is 1. The van der Waals surface area contributed by atoms with Crippen molar-refractivity contribution in [3.05, 3.63) is 12.2 Å². The minimum atomic E-state index is 0.242. The number of likely N-dealkylation sites (tertiary alicyclic amines) is 1. The average Bonchev–Trinajstić information content (AvgIpc) is 2.84. The van der Waals surface area contributed by atoms with E-state index in [0.717, 1.165) is 38.8 Å². The van der Waals surface area contributed by atoms with Crippen molar-refractivity contribution in [1.29, 1.82) is 0 Å². The average molecular weight is 248 g/mol. The molecule has 1 saturated heterocycles. The molecule has 0 aromatic rings. The highest BCUT2D eigenvalue weighted by Crippen LogP contribution is 2.36. The molecule has 0 radical (unpaired) electrons. The van der Waals surface area contributed by atoms with E-state index in [-0.39, 0.29) is 5.92 Å². The highest BCUT2D eigenvalue weighted by atomic mass is 16.2. The standard InChI is InChI=1S/C15H24N2O/c16-14-8-4-7-12-9-17(10-13(12)14)15(18)11-5-2-1-3-6-11/h1-2,11-14H,3-10,16H2. The molecule has 2 N–H and O–H groups in total. The van der Waals surface area contributed by atoms with Gasteiger partial charge in [0.15, 0.2) is 0 Å². The molecule has 3 aliphatic rings. The monoisotopic (exact) mass is 248 g/mol. The van der Waals surface area contributed by atoms with E-state index in [9.17, 15) is 4.79 Å². The molecule has 0 aromatic heterocycles. The van der Waals surface area contributed by atoms with Gasteiger partial charge in [0.1, 0.15) is 0 Å². The second-order valence-corrected chi connectivity index (χ2v) is 6.24. The van der Waals surface area contributed by atoms with Crippen LogP contribution >= 0.6 is 0 Å². The number of hydrogen-bond donors (Lipinski definition) is 1. The van der Waals surface area contributed by atoms with Crippen LogP contribution in [0.3, 0.4) is 0 Å². The van der Waals surface area contributed by atoms with Crippen LogP contribution in [-0.2, 0) is 4.79 Å². The molecule has 1 amide bonds. The molecule has 0 aromatic carbocycles. The first-order chi connectivity index (χ1) is 8.75. The number of hydrogen-bond acceptors (Lipinski definition) is 2. The Morgan fingerprint density at radius 3 is 2.78 bits per heavy atom. The van der Waals surface area contributed by atoms with Crippen LogP contribution in [0.4, 0.5) is 0 Å². The van der Waals surface area contributed by atoms with Crippen LogP contribution in [0.15, 0.2) is 12.2 Å². The van der Waals surface area contributed by atoms with Crippen LogP contribution in [0.5, 0.6) is 0 Å². The van der Waals surface area contributed by atoms with Gasteiger partial charge in [0.25, 0.3) is 0 Å². The molecule has 1 saturated carbocycles. The van der Waals surface area contributed by atoms with E-state index in [1.807, 2.05) is 0 Å². The molecule has 2 aliphatic carbocycles. The SMILES string of the molecule is NC1CCCC2CN(C(=O)C3CC=CCC3)CC12. The number of allylic oxidation sites excluding steroid dienone is 2. The third-order valence-corrected chi connectivity index (χ3v) is 5.08. The Balaban J connectivity index is 1.64. The summed E-state index contributed by atoms with van der Waals surface area (Å²) in [5, 5.41) is 0. The fourth-order valence-corrected chi connectivity index (χ4v) is 3.97. The largest absolute Gasteiger partial charge is 0.342 e. The van der Waals surface area contributed by atoms with Crippen LogP contribution in [0.25, 0.3) is 0 Å². The second kappa shape index (κ2) is 5.04. The fraction of sp³-hybridized carbons (Fsp3) is 0.800. The molecular weight excluding hydrogens is 224 g/mol. The number of nitrogens with two attached hydrogens (primary N) is 1. The van der Waals surface area contributed by atoms with Gasteiger partial charge in [-0.3, -0.25) is 4.79 Å². The molecule has 4 unspecified atom stereocenters. The summed E-state index contributed by atoms with van der Waals surface area (Å²) < 4.78 is 0. The molecule has 18 heavy (non-hydrogen) atoms. The molecule has 0 spiro atoms. The summed E-state index contributed by atoms with van der Waals surface area (Å²) in [7, 11) is 0. The van der Waals surface area contributed by atoms with Crippen molar-refractivity contribution in [2.45, 2.75) is 44.6 Å². The first-order valence-corrected chi connectivity index (χ1v) is 7.45. The molecule has 4 atom stereocenters. The molecule has 0 bridgehead atoms. The zero-order valence-electron chi connectivity index (χ0n) is 11.1. The maximum Gasteiger partial charge on any atom is 0.226 e. The third-order valence-electron chi connectivity index (χ3n) is 5.08. The smallest absolute Gasteiger partial charge is 0.226 e. The Bertz CT molecular complexity index is 352. The number of carbonyl (C=O) groups excluding carboxylic acids is 1. The minimum absolute atomic E-state index is 0.242. The number of rotatable bonds is 1. The van der Waals surface area contributed by atoms with Crippen LogP contribution < -0.4 is 5.73 Å². The molecule has 3 rings (SSSR count). The van der Waals surface area contributed by atoms with Crippen molar-refractivity contribution in [2.75, 3.05) is 13.1 Å². The summed E-state index contributed by atoms with van der Waals surface area (Å²) in [5.41, 5.74) is 6.21. The lowest BCUT2D eigenvalue weighted by atomic mass is 9.78. The third kappa shape index (κ3) is 2.20. The molecule has 100 valence electrons. The van der Waals surface area contributed by atoms with Crippen molar-refractivity contribution in [2.24, 2.45) is 23.5 Å². The van der Waals surface area contributed by atoms with Crippen molar-refractivity contribution < 1.29 is 4.79 Å². The zero-order valence-corrected chi connectivity index (χ0v) is 11.1. The van der Waals surface area contributed by atoms with Crippen molar-refractivity contribution in [3.8, 4) is 0 Å². The lowest BCUT2D eigenvalue weighted by Gasteiger charge is -2.29. The van der Waals surface area contributed by atoms with E-state index in [4.69, 9.17) is 5.73 Å². The van der Waals surface area contributed by atoms with Crippen LogP contribution in [0.2, 0.25) is 0 Å². The van der Waals surface area contributed by atoms with Crippen LogP contribution in [0.1, 0.15) is 38.5 Å². The van der Waals surface area contributed by atoms with E-state index in [1.54, 1.807) is 0 Å². The first-order valence-electron chi connectivity index (χ1n) is 7.45. The van der Waals surface area contributed by atoms with Gasteiger partial charge in [-0.05, 0) is 43.9 Å². The van der Waals surface area contributed by atoms with Gasteiger partial charge in [-0.2, -0.15) is 0 Å². The second-order valence-electron chi connectivity index (χ2n) is 6.24. The highest BCUT2D eigenvalue weighted by molar-refractivity contribution is 5.79. The van der Waals surface area contributed by atoms with E-state index in [1.165, 1.54) is 12.8 Å². The highest BCUT2D eigenvalue weighted by Gasteiger charge is 2.41. The molecular formula is C15H24N2O. The Morgan fingerprint density at radius 1 is 1.17 bits per heavy atom. The summed E-state index contributed by atoms with van der Waals surface area (Å²) >= 11 is 0. The van der Waals surface area contributed by atoms with Gasteiger partial charge in [0.05, 0.1) is 0 Å². The van der Waals surface area contributed by atoms with E-state index >= 15 is 0 Å². The Hall–Kier alpha value is -0.830. The molecule has 1 aliphatic heterocycles. The Kier molecular flexibility index (Phi) is 3.42. The molecule has 1 heterocycles. The summed E-state index contributed by atoms with van der Waals surface area (Å²) in [5.74, 6) is 1.88. The summed E-state index contributed by atoms with van der Waals surface area (Å²) in [4.78, 5) is 14.6. The Morgan fingerprint density at radius 2 is 2.06 bits per heavy atom. The topological polar surface area (TPSA) is 46.3 Å². The van der Waals surface area contributed by atoms with Gasteiger partial charge in [-0.15, -0.1) is 0 Å². The van der Waals surface area contributed by atoms with Crippen molar-refractivity contribution >= 4 is 5.91 Å². The van der Waals surface area contributed by atoms with Crippen molar-refractivity contribution in [3.63, 3.8) is 0 Å². The summed E-state index contributed by atoms with van der Waals surface area (Å²) in [6.45, 7) is 1.89. The molecule has 2 fully saturated rings. The number of nitrogens with zero attached hydrogens (tertiary/aromatic N) is 1. The van der Waals surface area contributed by atoms with Crippen LogP contribution in [0, 0.1) is 17.8 Å². The molecule has 3 nitrogen and oxygen atoms in total. The van der Waals surface area contributed by atoms with E-state index in [0.29, 0.717) is 23.8 Å². The predicted molar refractivity (Wildman–Crippen MR) is 71.9 cm³/mol. The van der Waals surface area contributed by atoms with Gasteiger partial charge in [0.2, 0.25) is 5.91 Å². The lowest BCUT2D eigenvalue weighted by Crippen LogP contribution is -2.39. The van der Waals surface area contributed by atoms with Gasteiger partial charge in [-0.1, -0.05) is 18.6 Å². The normalized spacial score (nSPS) is 39.7. The maximum absolute atomic E-state index is 12.5. The van der Waals surface area contributed by atoms with Crippen molar-refractivity contribution in [1.82, 2.24) is 4.90 Å². The zero-order chi connectivity index (χ0) is 12.5. The van der Waals surface area contributed by atoms with Gasteiger partial charge in [0, 0.05) is 25.0 Å². The summed E-state index contributed by atoms with van der Waals surface area (Å²) in [6.07, 6.45) is 11.1. The first kappa shape index (κ1) is 12.2. The quantitative estimate of drug-likeness (QED) is 0.721. The van der Waals surface area contributed by atoms with Gasteiger partial charge >= 0.3 is 0 Å². The number of carbonyl (C=O) groups is 1. The fourth-order valence-electron chi connectivity index (χ4n) is 3.97. The van der Waals surface area contributed by atoms with Crippen LogP contribution in [-0.4, -0.2) is 29.9 Å². The Labute approximate surface area is 109 Å².